The van der Waals surface area contributed by atoms with Crippen LogP contribution in [0.1, 0.15) is 29.8 Å². The van der Waals surface area contributed by atoms with Crippen molar-refractivity contribution in [3.05, 3.63) is 29.3 Å². The molecule has 18 heavy (non-hydrogen) atoms. The molecule has 2 unspecified atom stereocenters. The van der Waals surface area contributed by atoms with E-state index in [0.29, 0.717) is 5.56 Å². The standard InChI is InChI=1S/C14H22N2O2/c1-9-12(14(17)15-4)7-6-8-13(9)16-10(2)11(3)18-5/h6-8,10-11,16H,1-5H3,(H,15,17). The van der Waals surface area contributed by atoms with Gasteiger partial charge in [-0.1, -0.05) is 6.07 Å². The number of carbonyl (C=O) groups is 1. The minimum absolute atomic E-state index is 0.0661. The molecule has 0 aromatic heterocycles. The second-order valence-corrected chi connectivity index (χ2v) is 4.43. The van der Waals surface area contributed by atoms with Crippen LogP contribution in [-0.2, 0) is 4.74 Å². The summed E-state index contributed by atoms with van der Waals surface area (Å²) < 4.78 is 5.28. The highest BCUT2D eigenvalue weighted by atomic mass is 16.5. The van der Waals surface area contributed by atoms with Crippen LogP contribution in [0.5, 0.6) is 0 Å². The van der Waals surface area contributed by atoms with E-state index in [1.807, 2.05) is 32.0 Å². The number of benzene rings is 1. The Kier molecular flexibility index (Phi) is 5.16. The van der Waals surface area contributed by atoms with Crippen LogP contribution >= 0.6 is 0 Å². The molecule has 4 heteroatoms. The summed E-state index contributed by atoms with van der Waals surface area (Å²) in [4.78, 5) is 11.7. The fourth-order valence-corrected chi connectivity index (χ4v) is 1.74. The Morgan fingerprint density at radius 1 is 1.33 bits per heavy atom. The zero-order chi connectivity index (χ0) is 13.7. The Hall–Kier alpha value is -1.55. The first-order valence-electron chi connectivity index (χ1n) is 6.12. The number of anilines is 1. The quantitative estimate of drug-likeness (QED) is 0.842. The lowest BCUT2D eigenvalue weighted by atomic mass is 10.0. The first-order chi connectivity index (χ1) is 8.51. The first-order valence-corrected chi connectivity index (χ1v) is 6.12. The third-order valence-corrected chi connectivity index (χ3v) is 3.26. The largest absolute Gasteiger partial charge is 0.380 e. The van der Waals surface area contributed by atoms with Crippen molar-refractivity contribution >= 4 is 11.6 Å². The number of methoxy groups -OCH3 is 1. The molecule has 2 atom stereocenters. The van der Waals surface area contributed by atoms with Crippen molar-refractivity contribution in [3.63, 3.8) is 0 Å². The Morgan fingerprint density at radius 2 is 2.00 bits per heavy atom. The lowest BCUT2D eigenvalue weighted by Crippen LogP contribution is -2.30. The van der Waals surface area contributed by atoms with Gasteiger partial charge in [0.2, 0.25) is 0 Å². The van der Waals surface area contributed by atoms with Gasteiger partial charge < -0.3 is 15.4 Å². The average Bonchev–Trinajstić information content (AvgIpc) is 2.39. The van der Waals surface area contributed by atoms with Crippen molar-refractivity contribution in [1.82, 2.24) is 5.32 Å². The highest BCUT2D eigenvalue weighted by Gasteiger charge is 2.14. The van der Waals surface area contributed by atoms with E-state index in [1.165, 1.54) is 0 Å². The van der Waals surface area contributed by atoms with Gasteiger partial charge in [0.25, 0.3) is 5.91 Å². The molecule has 4 nitrogen and oxygen atoms in total. The Morgan fingerprint density at radius 3 is 2.56 bits per heavy atom. The molecule has 0 spiro atoms. The topological polar surface area (TPSA) is 50.4 Å². The normalized spacial score (nSPS) is 13.8. The van der Waals surface area contributed by atoms with Gasteiger partial charge in [0.05, 0.1) is 6.10 Å². The molecule has 2 N–H and O–H groups in total. The summed E-state index contributed by atoms with van der Waals surface area (Å²) in [5.74, 6) is -0.0661. The predicted molar refractivity (Wildman–Crippen MR) is 74.1 cm³/mol. The van der Waals surface area contributed by atoms with E-state index in [-0.39, 0.29) is 18.1 Å². The molecule has 0 radical (unpaired) electrons. The highest BCUT2D eigenvalue weighted by Crippen LogP contribution is 2.20. The molecule has 1 aromatic carbocycles. The van der Waals surface area contributed by atoms with Gasteiger partial charge in [-0.3, -0.25) is 4.79 Å². The molecule has 0 fully saturated rings. The third-order valence-electron chi connectivity index (χ3n) is 3.26. The summed E-state index contributed by atoms with van der Waals surface area (Å²) in [6.45, 7) is 6.01. The van der Waals surface area contributed by atoms with Crippen LogP contribution in [-0.4, -0.2) is 32.2 Å². The maximum atomic E-state index is 11.7. The minimum Gasteiger partial charge on any atom is -0.380 e. The van der Waals surface area contributed by atoms with E-state index in [2.05, 4.69) is 17.6 Å². The fraction of sp³-hybridized carbons (Fsp3) is 0.500. The van der Waals surface area contributed by atoms with Crippen LogP contribution in [0.3, 0.4) is 0 Å². The molecule has 100 valence electrons. The maximum Gasteiger partial charge on any atom is 0.251 e. The van der Waals surface area contributed by atoms with Crippen molar-refractivity contribution in [2.45, 2.75) is 32.9 Å². The van der Waals surface area contributed by atoms with Gasteiger partial charge in [0, 0.05) is 31.5 Å². The average molecular weight is 250 g/mol. The number of nitrogens with one attached hydrogen (secondary N) is 2. The number of ether oxygens (including phenoxy) is 1. The summed E-state index contributed by atoms with van der Waals surface area (Å²) >= 11 is 0. The van der Waals surface area contributed by atoms with Crippen LogP contribution in [0.15, 0.2) is 18.2 Å². The Bertz CT molecular complexity index is 418. The van der Waals surface area contributed by atoms with E-state index in [0.717, 1.165) is 11.3 Å². The number of hydrogen-bond acceptors (Lipinski definition) is 3. The molecule has 1 aromatic rings. The Balaban J connectivity index is 2.94. The van der Waals surface area contributed by atoms with E-state index >= 15 is 0 Å². The molecule has 0 bridgehead atoms. The van der Waals surface area contributed by atoms with Gasteiger partial charge in [0.15, 0.2) is 0 Å². The van der Waals surface area contributed by atoms with E-state index < -0.39 is 0 Å². The van der Waals surface area contributed by atoms with Gasteiger partial charge in [-0.05, 0) is 38.5 Å². The van der Waals surface area contributed by atoms with E-state index in [4.69, 9.17) is 4.74 Å². The zero-order valence-electron chi connectivity index (χ0n) is 11.7. The van der Waals surface area contributed by atoms with Crippen molar-refractivity contribution in [2.75, 3.05) is 19.5 Å². The SMILES string of the molecule is CNC(=O)c1cccc(NC(C)C(C)OC)c1C. The van der Waals surface area contributed by atoms with Gasteiger partial charge in [-0.15, -0.1) is 0 Å². The third kappa shape index (κ3) is 3.23. The molecular weight excluding hydrogens is 228 g/mol. The lowest BCUT2D eigenvalue weighted by Gasteiger charge is -2.22. The summed E-state index contributed by atoms with van der Waals surface area (Å²) in [5, 5.41) is 6.02. The van der Waals surface area contributed by atoms with Crippen LogP contribution in [0.4, 0.5) is 5.69 Å². The van der Waals surface area contributed by atoms with Gasteiger partial charge in [-0.2, -0.15) is 0 Å². The second kappa shape index (κ2) is 6.40. The zero-order valence-corrected chi connectivity index (χ0v) is 11.7. The van der Waals surface area contributed by atoms with Gasteiger partial charge in [0.1, 0.15) is 0 Å². The monoisotopic (exact) mass is 250 g/mol. The van der Waals surface area contributed by atoms with Crippen LogP contribution in [0, 0.1) is 6.92 Å². The number of rotatable bonds is 5. The highest BCUT2D eigenvalue weighted by molar-refractivity contribution is 5.96. The molecule has 0 aliphatic carbocycles. The van der Waals surface area contributed by atoms with E-state index in [1.54, 1.807) is 14.2 Å². The number of carbonyl (C=O) groups excluding carboxylic acids is 1. The van der Waals surface area contributed by atoms with Gasteiger partial charge in [-0.25, -0.2) is 0 Å². The number of hydrogen-bond donors (Lipinski definition) is 2. The van der Waals surface area contributed by atoms with Crippen LogP contribution < -0.4 is 10.6 Å². The van der Waals surface area contributed by atoms with Crippen molar-refractivity contribution in [3.8, 4) is 0 Å². The minimum atomic E-state index is -0.0661. The molecule has 0 saturated heterocycles. The smallest absolute Gasteiger partial charge is 0.251 e. The Labute approximate surface area is 109 Å². The van der Waals surface area contributed by atoms with Crippen molar-refractivity contribution in [1.29, 1.82) is 0 Å². The first kappa shape index (κ1) is 14.5. The molecule has 1 rings (SSSR count). The molecule has 1 amide bonds. The van der Waals surface area contributed by atoms with Crippen molar-refractivity contribution in [2.24, 2.45) is 0 Å². The molecule has 0 aliphatic heterocycles. The lowest BCUT2D eigenvalue weighted by molar-refractivity contribution is 0.0962. The summed E-state index contributed by atoms with van der Waals surface area (Å²) in [6, 6.07) is 5.85. The van der Waals surface area contributed by atoms with Crippen LogP contribution in [0.25, 0.3) is 0 Å². The van der Waals surface area contributed by atoms with E-state index in [9.17, 15) is 4.79 Å². The van der Waals surface area contributed by atoms with Gasteiger partial charge >= 0.3 is 0 Å². The van der Waals surface area contributed by atoms with Crippen LogP contribution in [0.2, 0.25) is 0 Å². The summed E-state index contributed by atoms with van der Waals surface area (Å²) in [5.41, 5.74) is 2.61. The molecular formula is C14H22N2O2. The fourth-order valence-electron chi connectivity index (χ4n) is 1.74. The molecule has 0 heterocycles. The molecule has 0 saturated carbocycles. The van der Waals surface area contributed by atoms with Crippen molar-refractivity contribution < 1.29 is 9.53 Å². The predicted octanol–water partition coefficient (Wildman–Crippen LogP) is 2.19. The molecule has 0 aliphatic rings. The summed E-state index contributed by atoms with van der Waals surface area (Å²) in [7, 11) is 3.33. The summed E-state index contributed by atoms with van der Waals surface area (Å²) in [6.07, 6.45) is 0.105. The maximum absolute atomic E-state index is 11.7. The second-order valence-electron chi connectivity index (χ2n) is 4.43. The number of amides is 1.